The van der Waals surface area contributed by atoms with Crippen LogP contribution >= 0.6 is 0 Å². The van der Waals surface area contributed by atoms with Gasteiger partial charge in [-0.1, -0.05) is 26.8 Å². The molecule has 1 N–H and O–H groups in total. The highest BCUT2D eigenvalue weighted by molar-refractivity contribution is 5.92. The molecule has 3 aromatic rings. The van der Waals surface area contributed by atoms with Crippen LogP contribution in [0.4, 0.5) is 0 Å². The maximum absolute atomic E-state index is 8.91. The zero-order valence-corrected chi connectivity index (χ0v) is 19.2. The zero-order chi connectivity index (χ0) is 21.8. The Hall–Kier alpha value is -2.64. The quantitative estimate of drug-likeness (QED) is 0.449. The van der Waals surface area contributed by atoms with Crippen molar-refractivity contribution < 1.29 is 0 Å². The molecule has 3 rings (SSSR count). The van der Waals surface area contributed by atoms with Gasteiger partial charge in [-0.05, 0) is 87.5 Å². The van der Waals surface area contributed by atoms with Crippen molar-refractivity contribution in [1.29, 1.82) is 5.26 Å². The van der Waals surface area contributed by atoms with Gasteiger partial charge in [0.25, 0.3) is 0 Å². The number of rotatable bonds is 8. The largest absolute Gasteiger partial charge is 0.354 e. The molecule has 1 atom stereocenters. The van der Waals surface area contributed by atoms with Crippen LogP contribution in [-0.2, 0) is 0 Å². The fraction of sp³-hybridized carbons (Fsp3) is 0.462. The summed E-state index contributed by atoms with van der Waals surface area (Å²) in [7, 11) is 2.02. The number of hydrogen-bond donors (Lipinski definition) is 1. The van der Waals surface area contributed by atoms with Crippen LogP contribution in [0.3, 0.4) is 0 Å². The van der Waals surface area contributed by atoms with Crippen LogP contribution in [-0.4, -0.2) is 35.0 Å². The molecular formula is C26H34N4. The van der Waals surface area contributed by atoms with E-state index in [0.29, 0.717) is 18.4 Å². The lowest BCUT2D eigenvalue weighted by Crippen LogP contribution is -2.21. The van der Waals surface area contributed by atoms with E-state index >= 15 is 0 Å². The molecule has 0 spiro atoms. The van der Waals surface area contributed by atoms with Crippen molar-refractivity contribution in [2.45, 2.75) is 59.3 Å². The van der Waals surface area contributed by atoms with Crippen LogP contribution in [0, 0.1) is 25.2 Å². The maximum Gasteiger partial charge on any atom is 0.0863 e. The monoisotopic (exact) mass is 402 g/mol. The smallest absolute Gasteiger partial charge is 0.0863 e. The summed E-state index contributed by atoms with van der Waals surface area (Å²) < 4.78 is 0. The Morgan fingerprint density at radius 2 is 1.83 bits per heavy atom. The van der Waals surface area contributed by atoms with Crippen LogP contribution in [0.5, 0.6) is 0 Å². The number of pyridine rings is 1. The van der Waals surface area contributed by atoms with Gasteiger partial charge in [0.05, 0.1) is 18.3 Å². The Labute approximate surface area is 180 Å². The lowest BCUT2D eigenvalue weighted by atomic mass is 9.90. The molecule has 0 radical (unpaired) electrons. The van der Waals surface area contributed by atoms with E-state index in [2.05, 4.69) is 85.9 Å². The number of fused-ring (bicyclic) bond motifs is 1. The number of aromatic nitrogens is 2. The molecule has 0 amide bonds. The fourth-order valence-electron chi connectivity index (χ4n) is 4.47. The van der Waals surface area contributed by atoms with Gasteiger partial charge in [0, 0.05) is 27.9 Å². The Morgan fingerprint density at radius 1 is 1.13 bits per heavy atom. The van der Waals surface area contributed by atoms with Crippen molar-refractivity contribution in [2.75, 3.05) is 20.1 Å². The third kappa shape index (κ3) is 4.74. The second kappa shape index (κ2) is 9.45. The van der Waals surface area contributed by atoms with Crippen LogP contribution in [0.1, 0.15) is 68.0 Å². The number of nitrogens with zero attached hydrogens (tertiary/aromatic N) is 3. The Bertz CT molecular complexity index is 1030. The first-order valence-corrected chi connectivity index (χ1v) is 11.0. The van der Waals surface area contributed by atoms with Gasteiger partial charge in [0.1, 0.15) is 0 Å². The minimum Gasteiger partial charge on any atom is -0.354 e. The summed E-state index contributed by atoms with van der Waals surface area (Å²) in [6.45, 7) is 12.3. The normalized spacial score (nSPS) is 12.6. The minimum atomic E-state index is 0.416. The van der Waals surface area contributed by atoms with Gasteiger partial charge in [-0.3, -0.25) is 9.88 Å². The number of nitriles is 1. The number of hydrogen-bond acceptors (Lipinski definition) is 3. The second-order valence-electron chi connectivity index (χ2n) is 8.80. The van der Waals surface area contributed by atoms with E-state index in [4.69, 9.17) is 5.26 Å². The van der Waals surface area contributed by atoms with Gasteiger partial charge in [0.2, 0.25) is 0 Å². The summed E-state index contributed by atoms with van der Waals surface area (Å²) in [4.78, 5) is 10.3. The van der Waals surface area contributed by atoms with Crippen LogP contribution < -0.4 is 0 Å². The van der Waals surface area contributed by atoms with Crippen molar-refractivity contribution in [3.63, 3.8) is 0 Å². The highest BCUT2D eigenvalue weighted by Gasteiger charge is 2.19. The van der Waals surface area contributed by atoms with Gasteiger partial charge in [-0.25, -0.2) is 0 Å². The first kappa shape index (κ1) is 22.1. The first-order valence-electron chi connectivity index (χ1n) is 11.0. The third-order valence-electron chi connectivity index (χ3n) is 5.97. The predicted molar refractivity (Wildman–Crippen MR) is 126 cm³/mol. The number of nitrogens with one attached hydrogen (secondary N) is 1. The topological polar surface area (TPSA) is 55.7 Å². The molecule has 2 heterocycles. The van der Waals surface area contributed by atoms with E-state index in [9.17, 15) is 0 Å². The summed E-state index contributed by atoms with van der Waals surface area (Å²) in [5.74, 6) is 0.916. The predicted octanol–water partition coefficient (Wildman–Crippen LogP) is 6.31. The van der Waals surface area contributed by atoms with Crippen LogP contribution in [0.25, 0.3) is 22.2 Å². The van der Waals surface area contributed by atoms with E-state index in [1.54, 1.807) is 0 Å². The molecule has 0 saturated heterocycles. The fourth-order valence-corrected chi connectivity index (χ4v) is 4.47. The molecule has 158 valence electrons. The minimum absolute atomic E-state index is 0.416. The van der Waals surface area contributed by atoms with E-state index in [1.807, 2.05) is 7.05 Å². The average Bonchev–Trinajstić information content (AvgIpc) is 3.07. The first-order chi connectivity index (χ1) is 14.3. The molecule has 2 aromatic heterocycles. The van der Waals surface area contributed by atoms with Gasteiger partial charge >= 0.3 is 0 Å². The van der Waals surface area contributed by atoms with Gasteiger partial charge in [-0.15, -0.1) is 0 Å². The summed E-state index contributed by atoms with van der Waals surface area (Å²) >= 11 is 0. The molecule has 4 heteroatoms. The van der Waals surface area contributed by atoms with Crippen molar-refractivity contribution in [1.82, 2.24) is 14.9 Å². The molecule has 0 aliphatic rings. The SMILES string of the molecule is CCC(CCN(C)CC#N)c1ccc2[nH]c(-c3cc(C)nc(C)c3)c(C(C)C)c2c1. The highest BCUT2D eigenvalue weighted by Crippen LogP contribution is 2.38. The second-order valence-corrected chi connectivity index (χ2v) is 8.80. The van der Waals surface area contributed by atoms with Crippen molar-refractivity contribution in [3.05, 3.63) is 52.8 Å². The summed E-state index contributed by atoms with van der Waals surface area (Å²) in [5.41, 5.74) is 8.50. The molecule has 0 fully saturated rings. The lowest BCUT2D eigenvalue weighted by Gasteiger charge is -2.19. The Morgan fingerprint density at radius 3 is 2.43 bits per heavy atom. The number of H-pyrrole nitrogens is 1. The number of benzene rings is 1. The average molecular weight is 403 g/mol. The van der Waals surface area contributed by atoms with Crippen molar-refractivity contribution >= 4 is 10.9 Å². The zero-order valence-electron chi connectivity index (χ0n) is 19.2. The molecule has 0 bridgehead atoms. The van der Waals surface area contributed by atoms with Gasteiger partial charge in [0.15, 0.2) is 0 Å². The Balaban J connectivity index is 2.03. The molecule has 30 heavy (non-hydrogen) atoms. The number of aryl methyl sites for hydroxylation is 2. The van der Waals surface area contributed by atoms with E-state index in [-0.39, 0.29) is 0 Å². The van der Waals surface area contributed by atoms with Gasteiger partial charge < -0.3 is 4.98 Å². The van der Waals surface area contributed by atoms with Crippen LogP contribution in [0.2, 0.25) is 0 Å². The van der Waals surface area contributed by atoms with E-state index < -0.39 is 0 Å². The van der Waals surface area contributed by atoms with E-state index in [0.717, 1.165) is 30.8 Å². The lowest BCUT2D eigenvalue weighted by molar-refractivity contribution is 0.350. The molecule has 0 aliphatic carbocycles. The molecule has 0 aliphatic heterocycles. The standard InChI is InChI=1S/C26H34N4/c1-7-20(10-12-30(6)13-11-27)21-8-9-24-23(16-21)25(17(2)3)26(29-24)22-14-18(4)28-19(5)15-22/h8-9,14-17,20,29H,7,10,12-13H2,1-6H3. The number of aromatic amines is 1. The molecular weight excluding hydrogens is 368 g/mol. The summed E-state index contributed by atoms with van der Waals surface area (Å²) in [6, 6.07) is 13.5. The van der Waals surface area contributed by atoms with Gasteiger partial charge in [-0.2, -0.15) is 5.26 Å². The van der Waals surface area contributed by atoms with E-state index in [1.165, 1.54) is 33.3 Å². The van der Waals surface area contributed by atoms with Crippen molar-refractivity contribution in [2.24, 2.45) is 0 Å². The van der Waals surface area contributed by atoms with Crippen LogP contribution in [0.15, 0.2) is 30.3 Å². The summed E-state index contributed by atoms with van der Waals surface area (Å²) in [6.07, 6.45) is 2.17. The molecule has 0 saturated carbocycles. The molecule has 4 nitrogen and oxygen atoms in total. The van der Waals surface area contributed by atoms with Crippen molar-refractivity contribution in [3.8, 4) is 17.3 Å². The third-order valence-corrected chi connectivity index (χ3v) is 5.97. The highest BCUT2D eigenvalue weighted by atomic mass is 15.1. The Kier molecular flexibility index (Phi) is 6.95. The molecule has 1 unspecified atom stereocenters. The maximum atomic E-state index is 8.91. The summed E-state index contributed by atoms with van der Waals surface area (Å²) in [5, 5.41) is 10.2. The molecule has 1 aromatic carbocycles.